The van der Waals surface area contributed by atoms with Crippen LogP contribution < -0.4 is 21.1 Å². The molecule has 9 nitrogen and oxygen atoms in total. The number of carbonyl (C=O) groups excluding carboxylic acids is 2. The first-order chi connectivity index (χ1) is 15.9. The molecule has 0 saturated carbocycles. The molecule has 1 aliphatic heterocycles. The van der Waals surface area contributed by atoms with Crippen molar-refractivity contribution in [2.45, 2.75) is 32.7 Å². The first-order valence-electron chi connectivity index (χ1n) is 10.9. The van der Waals surface area contributed by atoms with E-state index in [1.165, 1.54) is 22.2 Å². The second-order valence-electron chi connectivity index (χ2n) is 7.96. The molecule has 0 bridgehead atoms. The molecule has 3 heterocycles. The number of halogens is 1. The maximum Gasteiger partial charge on any atom is 0.273 e. The summed E-state index contributed by atoms with van der Waals surface area (Å²) in [5.74, 6) is -0.395. The third-order valence-corrected chi connectivity index (χ3v) is 6.74. The van der Waals surface area contributed by atoms with Gasteiger partial charge in [0, 0.05) is 30.3 Å². The standard InChI is InChI=1S/C22H25ClN6O3S/c1-2-8-24-20(31)14-5-4-9-28(11-14)22-27-19-18(33-22)21(32)29(13-25-19)12-17(30)26-16-7-3-6-15(23)10-16/h3,6-7,10,13-14H,2,4-5,8-9,11-12H2,1H3,(H,24,31)(H,26,30)/t14-/m1/s1. The van der Waals surface area contributed by atoms with E-state index in [9.17, 15) is 14.4 Å². The van der Waals surface area contributed by atoms with Crippen molar-refractivity contribution in [3.63, 3.8) is 0 Å². The highest BCUT2D eigenvalue weighted by Gasteiger charge is 2.27. The lowest BCUT2D eigenvalue weighted by Gasteiger charge is -2.31. The molecule has 4 rings (SSSR count). The van der Waals surface area contributed by atoms with E-state index in [2.05, 4.69) is 20.6 Å². The van der Waals surface area contributed by atoms with Gasteiger partial charge >= 0.3 is 0 Å². The number of benzene rings is 1. The zero-order valence-electron chi connectivity index (χ0n) is 18.2. The predicted octanol–water partition coefficient (Wildman–Crippen LogP) is 2.89. The van der Waals surface area contributed by atoms with Gasteiger partial charge in [-0.15, -0.1) is 0 Å². The number of carbonyl (C=O) groups is 2. The fraction of sp³-hybridized carbons (Fsp3) is 0.409. The highest BCUT2D eigenvalue weighted by atomic mass is 35.5. The summed E-state index contributed by atoms with van der Waals surface area (Å²) in [5.41, 5.74) is 0.584. The molecule has 1 saturated heterocycles. The normalized spacial score (nSPS) is 16.1. The summed E-state index contributed by atoms with van der Waals surface area (Å²) < 4.78 is 1.65. The Balaban J connectivity index is 1.48. The Kier molecular flexibility index (Phi) is 7.24. The van der Waals surface area contributed by atoms with Crippen molar-refractivity contribution < 1.29 is 9.59 Å². The number of thiazole rings is 1. The van der Waals surface area contributed by atoms with Crippen molar-refractivity contribution in [3.8, 4) is 0 Å². The van der Waals surface area contributed by atoms with Gasteiger partial charge in [0.15, 0.2) is 10.8 Å². The summed E-state index contributed by atoms with van der Waals surface area (Å²) in [6, 6.07) is 6.80. The number of rotatable bonds is 7. The summed E-state index contributed by atoms with van der Waals surface area (Å²) in [6.45, 7) is 3.85. The molecule has 174 valence electrons. The Morgan fingerprint density at radius 3 is 2.97 bits per heavy atom. The Labute approximate surface area is 199 Å². The SMILES string of the molecule is CCCNC(=O)[C@@H]1CCCN(c2nc3ncn(CC(=O)Nc4cccc(Cl)c4)c(=O)c3s2)C1. The Hall–Kier alpha value is -2.98. The van der Waals surface area contributed by atoms with Crippen LogP contribution in [-0.4, -0.2) is 46.0 Å². The minimum Gasteiger partial charge on any atom is -0.356 e. The lowest BCUT2D eigenvalue weighted by molar-refractivity contribution is -0.125. The molecule has 11 heteroatoms. The molecule has 1 fully saturated rings. The smallest absolute Gasteiger partial charge is 0.273 e. The molecule has 1 aliphatic rings. The minimum absolute atomic E-state index is 0.0638. The van der Waals surface area contributed by atoms with Crippen molar-refractivity contribution in [1.82, 2.24) is 19.9 Å². The molecule has 1 atom stereocenters. The highest BCUT2D eigenvalue weighted by Crippen LogP contribution is 2.29. The van der Waals surface area contributed by atoms with Crippen LogP contribution in [0, 0.1) is 5.92 Å². The average molecular weight is 489 g/mol. The topological polar surface area (TPSA) is 109 Å². The first kappa shape index (κ1) is 23.2. The number of hydrogen-bond acceptors (Lipinski definition) is 7. The lowest BCUT2D eigenvalue weighted by Crippen LogP contribution is -2.43. The number of amides is 2. The number of anilines is 2. The van der Waals surface area contributed by atoms with Crippen molar-refractivity contribution in [2.24, 2.45) is 5.92 Å². The molecule has 0 aliphatic carbocycles. The molecule has 33 heavy (non-hydrogen) atoms. The summed E-state index contributed by atoms with van der Waals surface area (Å²) in [7, 11) is 0. The van der Waals surface area contributed by atoms with Crippen molar-refractivity contribution in [2.75, 3.05) is 29.9 Å². The largest absolute Gasteiger partial charge is 0.356 e. The van der Waals surface area contributed by atoms with Gasteiger partial charge in [0.2, 0.25) is 11.8 Å². The van der Waals surface area contributed by atoms with Crippen LogP contribution in [0.3, 0.4) is 0 Å². The second-order valence-corrected chi connectivity index (χ2v) is 9.38. The summed E-state index contributed by atoms with van der Waals surface area (Å²) in [4.78, 5) is 48.6. The molecular formula is C22H25ClN6O3S. The number of nitrogens with one attached hydrogen (secondary N) is 2. The fourth-order valence-corrected chi connectivity index (χ4v) is 4.96. The van der Waals surface area contributed by atoms with Gasteiger partial charge in [0.05, 0.1) is 5.92 Å². The molecular weight excluding hydrogens is 464 g/mol. The van der Waals surface area contributed by atoms with Crippen LogP contribution in [0.4, 0.5) is 10.8 Å². The molecule has 2 aromatic heterocycles. The van der Waals surface area contributed by atoms with E-state index < -0.39 is 0 Å². The van der Waals surface area contributed by atoms with Gasteiger partial charge in [-0.05, 0) is 37.5 Å². The molecule has 0 spiro atoms. The van der Waals surface area contributed by atoms with Crippen LogP contribution in [0.5, 0.6) is 0 Å². The maximum absolute atomic E-state index is 13.0. The summed E-state index contributed by atoms with van der Waals surface area (Å²) in [6.07, 6.45) is 3.95. The van der Waals surface area contributed by atoms with Crippen LogP contribution in [0.1, 0.15) is 26.2 Å². The molecule has 2 amide bonds. The molecule has 0 radical (unpaired) electrons. The number of hydrogen-bond donors (Lipinski definition) is 2. The third-order valence-electron chi connectivity index (χ3n) is 5.41. The molecule has 3 aromatic rings. The van der Waals surface area contributed by atoms with E-state index in [-0.39, 0.29) is 29.8 Å². The molecule has 0 unspecified atom stereocenters. The number of aromatic nitrogens is 3. The van der Waals surface area contributed by atoms with Crippen LogP contribution in [0.25, 0.3) is 10.3 Å². The lowest BCUT2D eigenvalue weighted by atomic mass is 9.97. The van der Waals surface area contributed by atoms with Crippen LogP contribution >= 0.6 is 22.9 Å². The van der Waals surface area contributed by atoms with Crippen molar-refractivity contribution in [1.29, 1.82) is 0 Å². The summed E-state index contributed by atoms with van der Waals surface area (Å²) >= 11 is 7.19. The van der Waals surface area contributed by atoms with E-state index >= 15 is 0 Å². The van der Waals surface area contributed by atoms with E-state index in [0.29, 0.717) is 39.3 Å². The van der Waals surface area contributed by atoms with E-state index in [0.717, 1.165) is 25.8 Å². The molecule has 1 aromatic carbocycles. The van der Waals surface area contributed by atoms with E-state index in [1.54, 1.807) is 24.3 Å². The monoisotopic (exact) mass is 488 g/mol. The van der Waals surface area contributed by atoms with Crippen LogP contribution in [0.2, 0.25) is 5.02 Å². The Bertz CT molecular complexity index is 1230. The maximum atomic E-state index is 13.0. The van der Waals surface area contributed by atoms with Gasteiger partial charge in [-0.25, -0.2) is 4.98 Å². The number of nitrogens with zero attached hydrogens (tertiary/aromatic N) is 4. The quantitative estimate of drug-likeness (QED) is 0.529. The van der Waals surface area contributed by atoms with Gasteiger partial charge in [-0.2, -0.15) is 4.98 Å². The first-order valence-corrected chi connectivity index (χ1v) is 12.1. The van der Waals surface area contributed by atoms with Gasteiger partial charge in [0.1, 0.15) is 17.6 Å². The fourth-order valence-electron chi connectivity index (χ4n) is 3.76. The zero-order valence-corrected chi connectivity index (χ0v) is 19.8. The van der Waals surface area contributed by atoms with Gasteiger partial charge in [0.25, 0.3) is 5.56 Å². The van der Waals surface area contributed by atoms with Gasteiger partial charge in [-0.3, -0.25) is 19.0 Å². The number of fused-ring (bicyclic) bond motifs is 1. The van der Waals surface area contributed by atoms with Crippen LogP contribution in [-0.2, 0) is 16.1 Å². The second kappa shape index (κ2) is 10.3. The van der Waals surface area contributed by atoms with Gasteiger partial charge in [-0.1, -0.05) is 35.9 Å². The predicted molar refractivity (Wildman–Crippen MR) is 130 cm³/mol. The van der Waals surface area contributed by atoms with Crippen LogP contribution in [0.15, 0.2) is 35.4 Å². The van der Waals surface area contributed by atoms with Crippen molar-refractivity contribution in [3.05, 3.63) is 46.0 Å². The number of piperidine rings is 1. The Morgan fingerprint density at radius 2 is 2.18 bits per heavy atom. The van der Waals surface area contributed by atoms with E-state index in [1.807, 2.05) is 11.8 Å². The highest BCUT2D eigenvalue weighted by molar-refractivity contribution is 7.22. The summed E-state index contributed by atoms with van der Waals surface area (Å²) in [5, 5.41) is 6.86. The van der Waals surface area contributed by atoms with Crippen molar-refractivity contribution >= 4 is 55.9 Å². The average Bonchev–Trinajstić information content (AvgIpc) is 3.25. The molecule has 2 N–H and O–H groups in total. The van der Waals surface area contributed by atoms with Gasteiger partial charge < -0.3 is 15.5 Å². The van der Waals surface area contributed by atoms with E-state index in [4.69, 9.17) is 11.6 Å². The Morgan fingerprint density at radius 1 is 1.33 bits per heavy atom. The zero-order chi connectivity index (χ0) is 23.4. The minimum atomic E-state index is -0.359. The third kappa shape index (κ3) is 5.51.